The van der Waals surface area contributed by atoms with E-state index >= 15 is 0 Å². The lowest BCUT2D eigenvalue weighted by atomic mass is 10.2. The van der Waals surface area contributed by atoms with E-state index in [2.05, 4.69) is 24.5 Å². The fourth-order valence-electron chi connectivity index (χ4n) is 1.65. The molecule has 0 saturated heterocycles. The van der Waals surface area contributed by atoms with E-state index < -0.39 is 0 Å². The Balaban J connectivity index is 2.30. The maximum atomic E-state index is 11.6. The molecule has 5 nitrogen and oxygen atoms in total. The molecule has 5 heteroatoms. The largest absolute Gasteiger partial charge is 0.493 e. The minimum absolute atomic E-state index is 0.0281. The molecule has 1 amide bonds. The predicted molar refractivity (Wildman–Crippen MR) is 84.8 cm³/mol. The van der Waals surface area contributed by atoms with Crippen molar-refractivity contribution in [2.24, 2.45) is 5.92 Å². The van der Waals surface area contributed by atoms with Gasteiger partial charge in [-0.15, -0.1) is 0 Å². The normalized spacial score (nSPS) is 10.5. The van der Waals surface area contributed by atoms with Crippen molar-refractivity contribution in [2.75, 3.05) is 38.7 Å². The van der Waals surface area contributed by atoms with Crippen molar-refractivity contribution in [3.05, 3.63) is 24.3 Å². The molecule has 0 aliphatic heterocycles. The molecule has 0 atom stereocenters. The number of nitrogens with one attached hydrogen (secondary N) is 2. The van der Waals surface area contributed by atoms with Gasteiger partial charge >= 0.3 is 0 Å². The van der Waals surface area contributed by atoms with Crippen molar-refractivity contribution >= 4 is 11.6 Å². The van der Waals surface area contributed by atoms with E-state index in [4.69, 9.17) is 9.47 Å². The zero-order valence-corrected chi connectivity index (χ0v) is 13.1. The highest BCUT2D eigenvalue weighted by Gasteiger charge is 2.02. The highest BCUT2D eigenvalue weighted by atomic mass is 16.5. The van der Waals surface area contributed by atoms with E-state index in [-0.39, 0.29) is 12.5 Å². The number of benzene rings is 1. The third-order valence-electron chi connectivity index (χ3n) is 2.72. The van der Waals surface area contributed by atoms with Crippen LogP contribution in [0.4, 0.5) is 5.69 Å². The van der Waals surface area contributed by atoms with Gasteiger partial charge in [-0.3, -0.25) is 4.79 Å². The molecule has 1 rings (SSSR count). The Morgan fingerprint density at radius 2 is 2.14 bits per heavy atom. The minimum Gasteiger partial charge on any atom is -0.493 e. The number of ether oxygens (including phenoxy) is 2. The Labute approximate surface area is 127 Å². The molecule has 0 saturated carbocycles. The molecule has 0 spiro atoms. The molecule has 0 unspecified atom stereocenters. The molecule has 2 N–H and O–H groups in total. The van der Waals surface area contributed by atoms with Crippen LogP contribution in [0.15, 0.2) is 24.3 Å². The summed E-state index contributed by atoms with van der Waals surface area (Å²) in [5, 5.41) is 5.92. The van der Waals surface area contributed by atoms with Gasteiger partial charge < -0.3 is 20.1 Å². The zero-order chi connectivity index (χ0) is 15.5. The van der Waals surface area contributed by atoms with E-state index in [0.717, 1.165) is 17.9 Å². The van der Waals surface area contributed by atoms with Crippen LogP contribution in [0.1, 0.15) is 20.3 Å². The Bertz CT molecular complexity index is 422. The van der Waals surface area contributed by atoms with Gasteiger partial charge in [0, 0.05) is 32.0 Å². The first kappa shape index (κ1) is 17.3. The summed E-state index contributed by atoms with van der Waals surface area (Å²) in [6.07, 6.45) is 0.820. The Hall–Kier alpha value is -1.75. The number of anilines is 1. The molecule has 118 valence electrons. The first-order valence-corrected chi connectivity index (χ1v) is 7.34. The topological polar surface area (TPSA) is 59.6 Å². The molecule has 1 aromatic rings. The second-order valence-corrected chi connectivity index (χ2v) is 5.28. The average Bonchev–Trinajstić information content (AvgIpc) is 2.48. The number of carbonyl (C=O) groups is 1. The average molecular weight is 294 g/mol. The second-order valence-electron chi connectivity index (χ2n) is 5.28. The van der Waals surface area contributed by atoms with E-state index in [1.165, 1.54) is 0 Å². The minimum atomic E-state index is -0.0281. The first-order valence-electron chi connectivity index (χ1n) is 7.34. The van der Waals surface area contributed by atoms with Crippen molar-refractivity contribution in [1.29, 1.82) is 0 Å². The molecule has 0 aliphatic rings. The lowest BCUT2D eigenvalue weighted by molar-refractivity contribution is -0.119. The van der Waals surface area contributed by atoms with Gasteiger partial charge in [0.25, 0.3) is 0 Å². The van der Waals surface area contributed by atoms with Gasteiger partial charge in [0.15, 0.2) is 0 Å². The monoisotopic (exact) mass is 294 g/mol. The summed E-state index contributed by atoms with van der Waals surface area (Å²) in [5.74, 6) is 1.27. The summed E-state index contributed by atoms with van der Waals surface area (Å²) >= 11 is 0. The van der Waals surface area contributed by atoms with Gasteiger partial charge in [-0.2, -0.15) is 0 Å². The first-order chi connectivity index (χ1) is 10.1. The van der Waals surface area contributed by atoms with Crippen LogP contribution in [-0.4, -0.2) is 39.3 Å². The van der Waals surface area contributed by atoms with Crippen molar-refractivity contribution in [1.82, 2.24) is 5.32 Å². The summed E-state index contributed by atoms with van der Waals surface area (Å²) in [4.78, 5) is 11.6. The quantitative estimate of drug-likeness (QED) is 0.650. The van der Waals surface area contributed by atoms with Crippen molar-refractivity contribution in [3.63, 3.8) is 0 Å². The Kier molecular flexibility index (Phi) is 8.28. The molecule has 0 heterocycles. The van der Waals surface area contributed by atoms with Crippen LogP contribution in [0.5, 0.6) is 5.75 Å². The van der Waals surface area contributed by atoms with Crippen LogP contribution in [0.25, 0.3) is 0 Å². The molecule has 0 radical (unpaired) electrons. The van der Waals surface area contributed by atoms with E-state index in [1.807, 2.05) is 24.3 Å². The van der Waals surface area contributed by atoms with Gasteiger partial charge in [0.1, 0.15) is 5.75 Å². The number of rotatable bonds is 10. The third-order valence-corrected chi connectivity index (χ3v) is 2.72. The van der Waals surface area contributed by atoms with Gasteiger partial charge in [0.05, 0.1) is 13.2 Å². The van der Waals surface area contributed by atoms with Crippen LogP contribution in [0, 0.1) is 5.92 Å². The maximum Gasteiger partial charge on any atom is 0.239 e. The van der Waals surface area contributed by atoms with Gasteiger partial charge in [0.2, 0.25) is 5.91 Å². The van der Waals surface area contributed by atoms with Crippen LogP contribution in [0.2, 0.25) is 0 Å². The molecule has 0 aromatic heterocycles. The van der Waals surface area contributed by atoms with E-state index in [1.54, 1.807) is 7.11 Å². The number of hydrogen-bond donors (Lipinski definition) is 2. The summed E-state index contributed by atoms with van der Waals surface area (Å²) < 4.78 is 10.6. The van der Waals surface area contributed by atoms with Crippen molar-refractivity contribution in [3.8, 4) is 5.75 Å². The Morgan fingerprint density at radius 1 is 1.33 bits per heavy atom. The number of hydrogen-bond acceptors (Lipinski definition) is 4. The lowest BCUT2D eigenvalue weighted by Gasteiger charge is -2.11. The highest BCUT2D eigenvalue weighted by Crippen LogP contribution is 2.17. The fourth-order valence-corrected chi connectivity index (χ4v) is 1.65. The fraction of sp³-hybridized carbons (Fsp3) is 0.562. The number of carbonyl (C=O) groups excluding carboxylic acids is 1. The van der Waals surface area contributed by atoms with E-state index in [9.17, 15) is 4.79 Å². The molecule has 1 aromatic carbocycles. The molecule has 0 fully saturated rings. The second kappa shape index (κ2) is 10.0. The zero-order valence-electron chi connectivity index (χ0n) is 13.1. The summed E-state index contributed by atoms with van der Waals surface area (Å²) in [5.41, 5.74) is 0.878. The number of methoxy groups -OCH3 is 1. The summed E-state index contributed by atoms with van der Waals surface area (Å²) in [7, 11) is 1.65. The van der Waals surface area contributed by atoms with Crippen LogP contribution >= 0.6 is 0 Å². The Morgan fingerprint density at radius 3 is 2.86 bits per heavy atom. The molecule has 0 aliphatic carbocycles. The van der Waals surface area contributed by atoms with E-state index in [0.29, 0.717) is 25.7 Å². The molecule has 0 bridgehead atoms. The maximum absolute atomic E-state index is 11.6. The van der Waals surface area contributed by atoms with Gasteiger partial charge in [-0.05, 0) is 24.5 Å². The molecule has 21 heavy (non-hydrogen) atoms. The van der Waals surface area contributed by atoms with Gasteiger partial charge in [-0.1, -0.05) is 19.9 Å². The van der Waals surface area contributed by atoms with Crippen LogP contribution in [0.3, 0.4) is 0 Å². The van der Waals surface area contributed by atoms with Crippen LogP contribution in [-0.2, 0) is 9.53 Å². The third kappa shape index (κ3) is 8.19. The van der Waals surface area contributed by atoms with Crippen molar-refractivity contribution < 1.29 is 14.3 Å². The highest BCUT2D eigenvalue weighted by molar-refractivity contribution is 5.80. The predicted octanol–water partition coefficient (Wildman–Crippen LogP) is 2.29. The summed E-state index contributed by atoms with van der Waals surface area (Å²) in [6.45, 7) is 6.44. The number of amides is 1. The molecular weight excluding hydrogens is 268 g/mol. The van der Waals surface area contributed by atoms with Crippen molar-refractivity contribution in [2.45, 2.75) is 20.3 Å². The SMILES string of the molecule is COCCCNC(=O)CNc1cccc(OCC(C)C)c1. The standard InChI is InChI=1S/C16H26N2O3/c1-13(2)12-21-15-7-4-6-14(10-15)18-11-16(19)17-8-5-9-20-3/h4,6-7,10,13,18H,5,8-9,11-12H2,1-3H3,(H,17,19). The lowest BCUT2D eigenvalue weighted by Crippen LogP contribution is -2.31. The van der Waals surface area contributed by atoms with Gasteiger partial charge in [-0.25, -0.2) is 0 Å². The smallest absolute Gasteiger partial charge is 0.239 e. The van der Waals surface area contributed by atoms with Crippen LogP contribution < -0.4 is 15.4 Å². The summed E-state index contributed by atoms with van der Waals surface area (Å²) in [6, 6.07) is 7.65. The molecular formula is C16H26N2O3.